The molecule has 0 radical (unpaired) electrons. The molecular formula is C15H13F2NO3. The second kappa shape index (κ2) is 6.21. The molecule has 0 aliphatic carbocycles. The molecule has 0 bridgehead atoms. The zero-order valence-corrected chi connectivity index (χ0v) is 11.2. The van der Waals surface area contributed by atoms with Crippen molar-refractivity contribution >= 4 is 11.7 Å². The molecule has 0 aliphatic rings. The third-order valence-electron chi connectivity index (χ3n) is 2.85. The molecule has 110 valence electrons. The number of nitrogens with two attached hydrogens (primary N) is 1. The number of carbonyl (C=O) groups is 1. The first-order valence-corrected chi connectivity index (χ1v) is 6.06. The molecule has 0 saturated carbocycles. The maximum Gasteiger partial charge on any atom is 0.344 e. The molecule has 0 fully saturated rings. The van der Waals surface area contributed by atoms with Crippen molar-refractivity contribution in [2.75, 3.05) is 12.8 Å². The minimum atomic E-state index is -1.12. The Labute approximate surface area is 120 Å². The number of anilines is 1. The molecule has 2 aromatic carbocycles. The van der Waals surface area contributed by atoms with Crippen LogP contribution in [0.2, 0.25) is 0 Å². The SMILES string of the molecule is COc1ccc(COC(=O)c2c(F)ccc(N)c2F)cc1. The Morgan fingerprint density at radius 3 is 2.43 bits per heavy atom. The Bertz CT molecular complexity index is 657. The largest absolute Gasteiger partial charge is 0.497 e. The van der Waals surface area contributed by atoms with Crippen LogP contribution in [0.3, 0.4) is 0 Å². The Balaban J connectivity index is 2.10. The highest BCUT2D eigenvalue weighted by atomic mass is 19.1. The first-order chi connectivity index (χ1) is 10.0. The number of nitrogen functional groups attached to an aromatic ring is 1. The van der Waals surface area contributed by atoms with Crippen molar-refractivity contribution in [1.29, 1.82) is 0 Å². The molecule has 0 amide bonds. The summed E-state index contributed by atoms with van der Waals surface area (Å²) in [6.45, 7) is -0.115. The van der Waals surface area contributed by atoms with Gasteiger partial charge in [0.25, 0.3) is 0 Å². The van der Waals surface area contributed by atoms with E-state index in [1.807, 2.05) is 0 Å². The van der Waals surface area contributed by atoms with Gasteiger partial charge in [0, 0.05) is 0 Å². The predicted octanol–water partition coefficient (Wildman–Crippen LogP) is 2.91. The van der Waals surface area contributed by atoms with Gasteiger partial charge in [0.1, 0.15) is 23.7 Å². The number of hydrogen-bond donors (Lipinski definition) is 1. The number of carbonyl (C=O) groups excluding carboxylic acids is 1. The van der Waals surface area contributed by atoms with Crippen LogP contribution in [0.15, 0.2) is 36.4 Å². The molecule has 2 aromatic rings. The summed E-state index contributed by atoms with van der Waals surface area (Å²) in [4.78, 5) is 11.8. The van der Waals surface area contributed by atoms with E-state index in [1.165, 1.54) is 7.11 Å². The van der Waals surface area contributed by atoms with Crippen LogP contribution in [0.25, 0.3) is 0 Å². The summed E-state index contributed by atoms with van der Waals surface area (Å²) in [6, 6.07) is 8.69. The van der Waals surface area contributed by atoms with Crippen molar-refractivity contribution in [2.45, 2.75) is 6.61 Å². The lowest BCUT2D eigenvalue weighted by Gasteiger charge is -2.08. The fourth-order valence-corrected chi connectivity index (χ4v) is 1.70. The van der Waals surface area contributed by atoms with Gasteiger partial charge in [-0.1, -0.05) is 12.1 Å². The van der Waals surface area contributed by atoms with E-state index in [1.54, 1.807) is 24.3 Å². The van der Waals surface area contributed by atoms with Crippen LogP contribution in [-0.2, 0) is 11.3 Å². The van der Waals surface area contributed by atoms with Crippen LogP contribution in [0, 0.1) is 11.6 Å². The van der Waals surface area contributed by atoms with Gasteiger partial charge in [-0.25, -0.2) is 13.6 Å². The zero-order valence-electron chi connectivity index (χ0n) is 11.2. The van der Waals surface area contributed by atoms with Gasteiger partial charge in [-0.05, 0) is 29.8 Å². The van der Waals surface area contributed by atoms with Gasteiger partial charge in [-0.15, -0.1) is 0 Å². The normalized spacial score (nSPS) is 10.2. The van der Waals surface area contributed by atoms with Crippen LogP contribution in [0.1, 0.15) is 15.9 Å². The molecule has 0 aromatic heterocycles. The molecule has 0 aliphatic heterocycles. The molecule has 4 nitrogen and oxygen atoms in total. The van der Waals surface area contributed by atoms with Crippen molar-refractivity contribution in [1.82, 2.24) is 0 Å². The fourth-order valence-electron chi connectivity index (χ4n) is 1.70. The van der Waals surface area contributed by atoms with Gasteiger partial charge < -0.3 is 15.2 Å². The third-order valence-corrected chi connectivity index (χ3v) is 2.85. The number of ether oxygens (including phenoxy) is 2. The highest BCUT2D eigenvalue weighted by Gasteiger charge is 2.21. The molecule has 2 rings (SSSR count). The van der Waals surface area contributed by atoms with Crippen LogP contribution < -0.4 is 10.5 Å². The number of methoxy groups -OCH3 is 1. The Morgan fingerprint density at radius 2 is 1.81 bits per heavy atom. The van der Waals surface area contributed by atoms with E-state index >= 15 is 0 Å². The van der Waals surface area contributed by atoms with Gasteiger partial charge >= 0.3 is 5.97 Å². The van der Waals surface area contributed by atoms with E-state index in [4.69, 9.17) is 15.2 Å². The zero-order chi connectivity index (χ0) is 15.4. The van der Waals surface area contributed by atoms with E-state index in [9.17, 15) is 13.6 Å². The molecule has 0 unspecified atom stereocenters. The first kappa shape index (κ1) is 14.8. The smallest absolute Gasteiger partial charge is 0.344 e. The van der Waals surface area contributed by atoms with Crippen molar-refractivity contribution in [3.8, 4) is 5.75 Å². The molecule has 0 heterocycles. The second-order valence-corrected chi connectivity index (χ2v) is 4.25. The summed E-state index contributed by atoms with van der Waals surface area (Å²) in [5, 5.41) is 0. The summed E-state index contributed by atoms with van der Waals surface area (Å²) < 4.78 is 37.0. The van der Waals surface area contributed by atoms with Crippen molar-refractivity contribution in [3.05, 3.63) is 59.2 Å². The lowest BCUT2D eigenvalue weighted by molar-refractivity contribution is 0.0461. The van der Waals surface area contributed by atoms with Gasteiger partial charge in [-0.3, -0.25) is 0 Å². The predicted molar refractivity (Wildman–Crippen MR) is 72.9 cm³/mol. The van der Waals surface area contributed by atoms with E-state index in [2.05, 4.69) is 0 Å². The van der Waals surface area contributed by atoms with Gasteiger partial charge in [0.05, 0.1) is 12.8 Å². The van der Waals surface area contributed by atoms with E-state index in [0.29, 0.717) is 11.3 Å². The summed E-state index contributed by atoms with van der Waals surface area (Å²) in [5.74, 6) is -2.58. The number of rotatable bonds is 4. The van der Waals surface area contributed by atoms with Crippen molar-refractivity contribution in [3.63, 3.8) is 0 Å². The van der Waals surface area contributed by atoms with E-state index < -0.39 is 23.2 Å². The number of esters is 1. The Morgan fingerprint density at radius 1 is 1.14 bits per heavy atom. The van der Waals surface area contributed by atoms with E-state index in [0.717, 1.165) is 12.1 Å². The molecular weight excluding hydrogens is 280 g/mol. The van der Waals surface area contributed by atoms with Crippen LogP contribution in [-0.4, -0.2) is 13.1 Å². The maximum absolute atomic E-state index is 13.7. The number of hydrogen-bond acceptors (Lipinski definition) is 4. The van der Waals surface area contributed by atoms with Crippen molar-refractivity contribution < 1.29 is 23.0 Å². The van der Waals surface area contributed by atoms with Crippen LogP contribution in [0.4, 0.5) is 14.5 Å². The van der Waals surface area contributed by atoms with Crippen LogP contribution in [0.5, 0.6) is 5.75 Å². The molecule has 2 N–H and O–H groups in total. The highest BCUT2D eigenvalue weighted by Crippen LogP contribution is 2.20. The topological polar surface area (TPSA) is 61.5 Å². The summed E-state index contributed by atoms with van der Waals surface area (Å²) in [7, 11) is 1.53. The summed E-state index contributed by atoms with van der Waals surface area (Å²) in [6.07, 6.45) is 0. The van der Waals surface area contributed by atoms with Gasteiger partial charge in [0.2, 0.25) is 0 Å². The standard InChI is InChI=1S/C15H13F2NO3/c1-20-10-4-2-9(3-5-10)8-21-15(19)13-11(16)6-7-12(18)14(13)17/h2-7H,8,18H2,1H3. The van der Waals surface area contributed by atoms with Crippen molar-refractivity contribution in [2.24, 2.45) is 0 Å². The van der Waals surface area contributed by atoms with E-state index in [-0.39, 0.29) is 12.3 Å². The number of halogens is 2. The minimum Gasteiger partial charge on any atom is -0.497 e. The summed E-state index contributed by atoms with van der Waals surface area (Å²) in [5.41, 5.74) is 4.86. The molecule has 21 heavy (non-hydrogen) atoms. The monoisotopic (exact) mass is 293 g/mol. The summed E-state index contributed by atoms with van der Waals surface area (Å²) >= 11 is 0. The number of benzene rings is 2. The fraction of sp³-hybridized carbons (Fsp3) is 0.133. The van der Waals surface area contributed by atoms with Gasteiger partial charge in [-0.2, -0.15) is 0 Å². The lowest BCUT2D eigenvalue weighted by Crippen LogP contribution is -2.11. The average molecular weight is 293 g/mol. The minimum absolute atomic E-state index is 0.115. The first-order valence-electron chi connectivity index (χ1n) is 6.06. The lowest BCUT2D eigenvalue weighted by atomic mass is 10.1. The molecule has 0 saturated heterocycles. The molecule has 0 atom stereocenters. The third kappa shape index (κ3) is 3.28. The maximum atomic E-state index is 13.7. The van der Waals surface area contributed by atoms with Gasteiger partial charge in [0.15, 0.2) is 5.82 Å². The molecule has 6 heteroatoms. The second-order valence-electron chi connectivity index (χ2n) is 4.25. The Hall–Kier alpha value is -2.63. The quantitative estimate of drug-likeness (QED) is 0.695. The Kier molecular flexibility index (Phi) is 4.37. The highest BCUT2D eigenvalue weighted by molar-refractivity contribution is 5.91. The molecule has 0 spiro atoms. The van der Waals surface area contributed by atoms with Crippen LogP contribution >= 0.6 is 0 Å². The average Bonchev–Trinajstić information content (AvgIpc) is 2.50.